The Morgan fingerprint density at radius 2 is 2.08 bits per heavy atom. The molecule has 2 aromatic rings. The van der Waals surface area contributed by atoms with Crippen molar-refractivity contribution in [1.82, 2.24) is 0 Å². The van der Waals surface area contributed by atoms with Crippen LogP contribution < -0.4 is 3.98 Å². The zero-order valence-electron chi connectivity index (χ0n) is 14.1. The third-order valence-electron chi connectivity index (χ3n) is 3.25. The van der Waals surface area contributed by atoms with Gasteiger partial charge in [-0.15, -0.1) is 0 Å². The van der Waals surface area contributed by atoms with Crippen LogP contribution in [0.1, 0.15) is 37.1 Å². The van der Waals surface area contributed by atoms with E-state index in [9.17, 15) is 4.79 Å². The van der Waals surface area contributed by atoms with Gasteiger partial charge in [0.05, 0.1) is 13.0 Å². The fourth-order valence-electron chi connectivity index (χ4n) is 2.09. The minimum Gasteiger partial charge on any atom is -0.465 e. The molecular weight excluding hydrogens is 499 g/mol. The number of ether oxygens (including phenoxy) is 1. The monoisotopic (exact) mass is 522 g/mol. The molecule has 0 unspecified atom stereocenters. The normalized spacial score (nSPS) is 11.4. The zero-order valence-corrected chi connectivity index (χ0v) is 17.4. The maximum atomic E-state index is 12.0. The predicted octanol–water partition coefficient (Wildman–Crippen LogP) is 4.67. The Hall–Kier alpha value is 0.0595. The Morgan fingerprint density at radius 1 is 1.33 bits per heavy atom. The van der Waals surface area contributed by atoms with Crippen LogP contribution >= 0.6 is 22.7 Å². The van der Waals surface area contributed by atoms with Gasteiger partial charge in [-0.3, -0.25) is 4.79 Å². The van der Waals surface area contributed by atoms with Gasteiger partial charge in [0.1, 0.15) is 0 Å². The summed E-state index contributed by atoms with van der Waals surface area (Å²) in [5, 5.41) is 3.17. The summed E-state index contributed by atoms with van der Waals surface area (Å²) in [5.74, 6) is 0.453. The van der Waals surface area contributed by atoms with E-state index in [0.29, 0.717) is 12.5 Å². The minimum absolute atomic E-state index is 0. The summed E-state index contributed by atoms with van der Waals surface area (Å²) in [4.78, 5) is 17.8. The van der Waals surface area contributed by atoms with Crippen molar-refractivity contribution in [3.05, 3.63) is 44.1 Å². The summed E-state index contributed by atoms with van der Waals surface area (Å²) >= 11 is 3.11. The molecule has 0 aliphatic carbocycles. The third-order valence-corrected chi connectivity index (χ3v) is 5.23. The van der Waals surface area contributed by atoms with Crippen LogP contribution in [0.4, 0.5) is 5.69 Å². The molecule has 0 fully saturated rings. The molecule has 0 N–H and O–H groups in total. The maximum Gasteiger partial charge on any atom is 0.310 e. The average Bonchev–Trinajstić information content (AvgIpc) is 2.91. The van der Waals surface area contributed by atoms with Gasteiger partial charge in [0, 0.05) is 56.6 Å². The Kier molecular flexibility index (Phi) is 10.7. The second kappa shape index (κ2) is 11.6. The summed E-state index contributed by atoms with van der Waals surface area (Å²) < 4.78 is 6.27. The van der Waals surface area contributed by atoms with Gasteiger partial charge >= 0.3 is 5.97 Å². The number of hydrogen-bond donors (Lipinski definition) is 0. The first kappa shape index (κ1) is 22.1. The van der Waals surface area contributed by atoms with Gasteiger partial charge in [-0.05, 0) is 37.3 Å². The number of rotatable bonds is 7. The summed E-state index contributed by atoms with van der Waals surface area (Å²) in [6.45, 7) is 6.85. The van der Waals surface area contributed by atoms with E-state index in [-0.39, 0.29) is 59.3 Å². The Morgan fingerprint density at radius 3 is 2.75 bits per heavy atom. The number of esters is 1. The van der Waals surface area contributed by atoms with E-state index < -0.39 is 0 Å². The predicted molar refractivity (Wildman–Crippen MR) is 96.2 cm³/mol. The van der Waals surface area contributed by atoms with Crippen LogP contribution in [0, 0.1) is 65.1 Å². The largest absolute Gasteiger partial charge is 0.465 e. The molecule has 0 atom stereocenters. The van der Waals surface area contributed by atoms with Crippen molar-refractivity contribution in [2.75, 3.05) is 6.61 Å². The molecule has 0 saturated heterocycles. The van der Waals surface area contributed by atoms with Gasteiger partial charge < -0.3 is 21.1 Å². The molecule has 0 aliphatic heterocycles. The molecule has 138 valence electrons. The SMILES string of the molecule is Cc1[c-]sc(=Nc2ccccc2CC(=O)OCCCC(C)C)s1.[Yb]. The summed E-state index contributed by atoms with van der Waals surface area (Å²) in [5.41, 5.74) is 1.73. The molecule has 0 aliphatic rings. The molecule has 0 radical (unpaired) electrons. The number of benzene rings is 1. The van der Waals surface area contributed by atoms with Gasteiger partial charge in [0.25, 0.3) is 0 Å². The molecule has 1 aromatic carbocycles. The fraction of sp³-hybridized carbons (Fsp3) is 0.444. The van der Waals surface area contributed by atoms with E-state index in [1.807, 2.05) is 31.2 Å². The molecule has 0 spiro atoms. The first-order valence-corrected chi connectivity index (χ1v) is 9.44. The van der Waals surface area contributed by atoms with Crippen LogP contribution in [0.25, 0.3) is 0 Å². The Labute approximate surface area is 190 Å². The van der Waals surface area contributed by atoms with E-state index in [1.54, 1.807) is 11.3 Å². The standard InChI is InChI=1S/C18H22NO2S2.Yb/c1-13(2)7-6-10-21-17(20)11-15-8-4-5-9-16(15)19-18-22-12-14(3)23-18;/h4-5,8-9,13H,6-7,10-11H2,1-3H3;/q-1;. The molecule has 24 heavy (non-hydrogen) atoms. The molecule has 2 rings (SSSR count). The fourth-order valence-corrected chi connectivity index (χ4v) is 3.82. The van der Waals surface area contributed by atoms with Crippen LogP contribution in [0.15, 0.2) is 29.3 Å². The van der Waals surface area contributed by atoms with Crippen LogP contribution in [0.5, 0.6) is 0 Å². The number of nitrogens with zero attached hydrogens (tertiary/aromatic N) is 1. The first-order valence-electron chi connectivity index (χ1n) is 7.81. The van der Waals surface area contributed by atoms with Crippen molar-refractivity contribution < 1.29 is 56.5 Å². The first-order chi connectivity index (χ1) is 11.0. The average molecular weight is 522 g/mol. The molecule has 0 bridgehead atoms. The third kappa shape index (κ3) is 7.96. The van der Waals surface area contributed by atoms with Crippen molar-refractivity contribution in [3.8, 4) is 0 Å². The number of hydrogen-bond acceptors (Lipinski definition) is 5. The van der Waals surface area contributed by atoms with Gasteiger partial charge in [-0.25, -0.2) is 11.3 Å². The number of carbonyl (C=O) groups excluding carboxylic acids is 1. The second-order valence-corrected chi connectivity index (χ2v) is 8.06. The second-order valence-electron chi connectivity index (χ2n) is 5.80. The molecule has 3 nitrogen and oxygen atoms in total. The number of aryl methyl sites for hydroxylation is 1. The summed E-state index contributed by atoms with van der Waals surface area (Å²) in [7, 11) is 0. The summed E-state index contributed by atoms with van der Waals surface area (Å²) in [6, 6.07) is 7.73. The van der Waals surface area contributed by atoms with Gasteiger partial charge in [-0.2, -0.15) is 5.38 Å². The molecule has 0 saturated carbocycles. The minimum atomic E-state index is -0.186. The van der Waals surface area contributed by atoms with Crippen molar-refractivity contribution in [2.45, 2.75) is 40.0 Å². The van der Waals surface area contributed by atoms with Crippen LogP contribution in [-0.2, 0) is 16.0 Å². The molecule has 1 heterocycles. The Bertz CT molecular complexity index is 707. The van der Waals surface area contributed by atoms with Crippen molar-refractivity contribution >= 4 is 34.3 Å². The molecule has 1 aromatic heterocycles. The quantitative estimate of drug-likeness (QED) is 0.302. The van der Waals surface area contributed by atoms with E-state index in [4.69, 9.17) is 4.74 Å². The molecular formula is C18H22NO2S2Yb-. The Balaban J connectivity index is 0.00000288. The van der Waals surface area contributed by atoms with E-state index in [0.717, 1.165) is 33.0 Å². The van der Waals surface area contributed by atoms with Crippen LogP contribution in [-0.4, -0.2) is 12.6 Å². The van der Waals surface area contributed by atoms with Gasteiger partial charge in [0.15, 0.2) is 0 Å². The van der Waals surface area contributed by atoms with Gasteiger partial charge in [0.2, 0.25) is 0 Å². The zero-order chi connectivity index (χ0) is 16.7. The van der Waals surface area contributed by atoms with Crippen LogP contribution in [0.3, 0.4) is 0 Å². The molecule has 0 amide bonds. The van der Waals surface area contributed by atoms with E-state index in [2.05, 4.69) is 24.2 Å². The van der Waals surface area contributed by atoms with Gasteiger partial charge in [-0.1, -0.05) is 36.9 Å². The van der Waals surface area contributed by atoms with Crippen molar-refractivity contribution in [2.24, 2.45) is 10.9 Å². The van der Waals surface area contributed by atoms with Crippen molar-refractivity contribution in [1.29, 1.82) is 0 Å². The summed E-state index contributed by atoms with van der Waals surface area (Å²) in [6.07, 6.45) is 2.26. The smallest absolute Gasteiger partial charge is 0.310 e. The van der Waals surface area contributed by atoms with Crippen molar-refractivity contribution in [3.63, 3.8) is 0 Å². The number of carbonyl (C=O) groups is 1. The van der Waals surface area contributed by atoms with E-state index >= 15 is 0 Å². The number of para-hydroxylation sites is 1. The topological polar surface area (TPSA) is 38.7 Å². The maximum absolute atomic E-state index is 12.0. The van der Waals surface area contributed by atoms with Crippen LogP contribution in [0.2, 0.25) is 0 Å². The van der Waals surface area contributed by atoms with E-state index in [1.165, 1.54) is 11.3 Å². The molecule has 6 heteroatoms.